The summed E-state index contributed by atoms with van der Waals surface area (Å²) in [7, 11) is -2.86. The van der Waals surface area contributed by atoms with Gasteiger partial charge in [-0.1, -0.05) is 0 Å². The van der Waals surface area contributed by atoms with Crippen molar-refractivity contribution in [3.8, 4) is 0 Å². The van der Waals surface area contributed by atoms with Gasteiger partial charge in [-0.3, -0.25) is 13.6 Å². The summed E-state index contributed by atoms with van der Waals surface area (Å²) in [6, 6.07) is 0. The molecule has 0 unspecified atom stereocenters. The average molecular weight is 498 g/mol. The van der Waals surface area contributed by atoms with Crippen molar-refractivity contribution < 1.29 is 31.9 Å². The van der Waals surface area contributed by atoms with E-state index in [-0.39, 0.29) is 36.8 Å². The minimum Gasteiger partial charge on any atom is -0.350 e. The number of hydrogen-bond donors (Lipinski definition) is 0. The molecule has 0 saturated heterocycles. The van der Waals surface area contributed by atoms with Crippen LogP contribution in [0.1, 0.15) is 13.8 Å². The standard InChI is InChI=1S/C18H21F2N8O5P/c1-11(3-27-7-25-13-15(19)21-5-23-17(13)27)30-9-32-34(29)33-10-31-12(2)4-28-8-26-14-16(20)22-6-24-18(14)28/h5-8,11-12,34H,3-4,9-10H2,1-2H3/t11-,12-/m1/s1. The first-order valence-corrected chi connectivity index (χ1v) is 11.3. The van der Waals surface area contributed by atoms with Gasteiger partial charge in [-0.2, -0.15) is 8.78 Å². The lowest BCUT2D eigenvalue weighted by Gasteiger charge is -2.15. The first kappa shape index (κ1) is 24.2. The fraction of sp³-hybridized carbons (Fsp3) is 0.444. The van der Waals surface area contributed by atoms with Crippen LogP contribution in [0.4, 0.5) is 8.78 Å². The molecule has 0 radical (unpaired) electrons. The van der Waals surface area contributed by atoms with Gasteiger partial charge in [0.1, 0.15) is 12.7 Å². The predicted octanol–water partition coefficient (Wildman–Crippen LogP) is 2.09. The summed E-state index contributed by atoms with van der Waals surface area (Å²) in [6.07, 6.45) is 4.35. The quantitative estimate of drug-likeness (QED) is 0.161. The number of rotatable bonds is 12. The Hall–Kier alpha value is -2.97. The van der Waals surface area contributed by atoms with Crippen molar-refractivity contribution in [3.63, 3.8) is 0 Å². The highest BCUT2D eigenvalue weighted by molar-refractivity contribution is 7.33. The fourth-order valence-electron chi connectivity index (χ4n) is 3.07. The van der Waals surface area contributed by atoms with Gasteiger partial charge in [-0.25, -0.2) is 29.9 Å². The summed E-state index contributed by atoms with van der Waals surface area (Å²) in [5, 5.41) is 0. The van der Waals surface area contributed by atoms with Crippen LogP contribution in [0.15, 0.2) is 25.3 Å². The van der Waals surface area contributed by atoms with E-state index in [4.69, 9.17) is 18.5 Å². The third kappa shape index (κ3) is 5.74. The van der Waals surface area contributed by atoms with Crippen molar-refractivity contribution >= 4 is 30.6 Å². The van der Waals surface area contributed by atoms with Crippen molar-refractivity contribution in [3.05, 3.63) is 37.2 Å². The van der Waals surface area contributed by atoms with Gasteiger partial charge in [0.05, 0.1) is 38.0 Å². The number of aromatic nitrogens is 8. The van der Waals surface area contributed by atoms with Crippen LogP contribution in [-0.2, 0) is 36.2 Å². The van der Waals surface area contributed by atoms with Gasteiger partial charge in [-0.15, -0.1) is 0 Å². The molecule has 0 aliphatic heterocycles. The van der Waals surface area contributed by atoms with Gasteiger partial charge >= 0.3 is 8.25 Å². The second kappa shape index (κ2) is 11.0. The zero-order chi connectivity index (χ0) is 24.1. The van der Waals surface area contributed by atoms with Crippen LogP contribution in [0.5, 0.6) is 0 Å². The number of fused-ring (bicyclic) bond motifs is 2. The molecule has 0 bridgehead atoms. The second-order valence-corrected chi connectivity index (χ2v) is 8.27. The Kier molecular flexibility index (Phi) is 7.80. The molecule has 4 aromatic heterocycles. The maximum absolute atomic E-state index is 13.6. The van der Waals surface area contributed by atoms with E-state index in [1.807, 2.05) is 0 Å². The van der Waals surface area contributed by atoms with Crippen molar-refractivity contribution in [2.24, 2.45) is 0 Å². The minimum atomic E-state index is -2.86. The van der Waals surface area contributed by atoms with E-state index in [0.717, 1.165) is 12.7 Å². The molecule has 0 N–H and O–H groups in total. The summed E-state index contributed by atoms with van der Waals surface area (Å²) >= 11 is 0. The van der Waals surface area contributed by atoms with E-state index < -0.39 is 20.2 Å². The molecule has 4 aromatic rings. The van der Waals surface area contributed by atoms with Gasteiger partial charge in [0.2, 0.25) is 11.9 Å². The topological polar surface area (TPSA) is 141 Å². The van der Waals surface area contributed by atoms with E-state index in [1.54, 1.807) is 23.0 Å². The van der Waals surface area contributed by atoms with Crippen LogP contribution in [0.25, 0.3) is 22.3 Å². The molecule has 0 aromatic carbocycles. The molecule has 0 amide bonds. The molecule has 2 atom stereocenters. The highest BCUT2D eigenvalue weighted by Crippen LogP contribution is 2.24. The molecule has 0 aliphatic carbocycles. The maximum Gasteiger partial charge on any atom is 0.323 e. The monoisotopic (exact) mass is 498 g/mol. The first-order valence-electron chi connectivity index (χ1n) is 10.1. The normalized spacial score (nSPS) is 13.8. The van der Waals surface area contributed by atoms with Crippen molar-refractivity contribution in [2.75, 3.05) is 13.6 Å². The molecule has 34 heavy (non-hydrogen) atoms. The van der Waals surface area contributed by atoms with Crippen molar-refractivity contribution in [1.82, 2.24) is 39.0 Å². The zero-order valence-electron chi connectivity index (χ0n) is 18.2. The van der Waals surface area contributed by atoms with E-state index in [9.17, 15) is 13.3 Å². The van der Waals surface area contributed by atoms with Gasteiger partial charge < -0.3 is 18.6 Å². The average Bonchev–Trinajstić information content (AvgIpc) is 3.40. The van der Waals surface area contributed by atoms with Crippen molar-refractivity contribution in [1.29, 1.82) is 0 Å². The molecule has 16 heteroatoms. The largest absolute Gasteiger partial charge is 0.350 e. The summed E-state index contributed by atoms with van der Waals surface area (Å²) in [4.78, 5) is 22.8. The number of hydrogen-bond acceptors (Lipinski definition) is 11. The lowest BCUT2D eigenvalue weighted by atomic mass is 10.4. The number of imidazole rings is 2. The summed E-state index contributed by atoms with van der Waals surface area (Å²) in [6.45, 7) is 3.58. The molecule has 182 valence electrons. The number of ether oxygens (including phenoxy) is 2. The molecule has 13 nitrogen and oxygen atoms in total. The van der Waals surface area contributed by atoms with E-state index >= 15 is 0 Å². The Labute approximate surface area is 192 Å². The number of nitrogens with zero attached hydrogens (tertiary/aromatic N) is 8. The highest BCUT2D eigenvalue weighted by atomic mass is 31.1. The van der Waals surface area contributed by atoms with Gasteiger partial charge in [0.25, 0.3) is 0 Å². The first-order chi connectivity index (χ1) is 16.4. The van der Waals surface area contributed by atoms with Crippen LogP contribution in [-0.4, -0.2) is 64.8 Å². The lowest BCUT2D eigenvalue weighted by Crippen LogP contribution is -2.18. The molecular formula is C18H21F2N8O5P. The van der Waals surface area contributed by atoms with Crippen LogP contribution in [0.3, 0.4) is 0 Å². The van der Waals surface area contributed by atoms with Crippen LogP contribution in [0.2, 0.25) is 0 Å². The molecule has 4 heterocycles. The Morgan fingerprint density at radius 3 is 1.68 bits per heavy atom. The SMILES string of the molecule is C[C@H](Cn1cnc2c(F)ncnc21)OCO[PH](=O)OCO[C@H](C)Cn1cnc2c(F)ncnc21. The van der Waals surface area contributed by atoms with Crippen LogP contribution < -0.4 is 0 Å². The van der Waals surface area contributed by atoms with Gasteiger partial charge in [0.15, 0.2) is 35.9 Å². The smallest absolute Gasteiger partial charge is 0.323 e. The maximum atomic E-state index is 13.6. The third-order valence-electron chi connectivity index (χ3n) is 4.68. The molecule has 0 fully saturated rings. The molecule has 4 rings (SSSR count). The van der Waals surface area contributed by atoms with Crippen LogP contribution >= 0.6 is 8.25 Å². The Morgan fingerprint density at radius 1 is 0.794 bits per heavy atom. The third-order valence-corrected chi connectivity index (χ3v) is 5.39. The molecule has 0 aliphatic rings. The number of halogens is 2. The van der Waals surface area contributed by atoms with E-state index in [2.05, 4.69) is 29.9 Å². The van der Waals surface area contributed by atoms with Gasteiger partial charge in [-0.05, 0) is 13.8 Å². The van der Waals surface area contributed by atoms with Gasteiger partial charge in [0, 0.05) is 0 Å². The fourth-order valence-corrected chi connectivity index (χ4v) is 3.48. The summed E-state index contributed by atoms with van der Waals surface area (Å²) < 4.78 is 63.3. The Bertz CT molecular complexity index is 1190. The second-order valence-electron chi connectivity index (χ2n) is 7.20. The van der Waals surface area contributed by atoms with E-state index in [1.165, 1.54) is 12.7 Å². The summed E-state index contributed by atoms with van der Waals surface area (Å²) in [5.41, 5.74) is 0.822. The molecule has 0 saturated carbocycles. The predicted molar refractivity (Wildman–Crippen MR) is 113 cm³/mol. The lowest BCUT2D eigenvalue weighted by molar-refractivity contribution is -0.0597. The Morgan fingerprint density at radius 2 is 1.24 bits per heavy atom. The Balaban J connectivity index is 1.14. The highest BCUT2D eigenvalue weighted by Gasteiger charge is 2.14. The molecule has 0 spiro atoms. The zero-order valence-corrected chi connectivity index (χ0v) is 19.2. The van der Waals surface area contributed by atoms with Crippen molar-refractivity contribution in [2.45, 2.75) is 39.1 Å². The van der Waals surface area contributed by atoms with E-state index in [0.29, 0.717) is 24.4 Å². The van der Waals surface area contributed by atoms with Crippen LogP contribution in [0, 0.1) is 11.9 Å². The molecular weight excluding hydrogens is 477 g/mol. The summed E-state index contributed by atoms with van der Waals surface area (Å²) in [5.74, 6) is -1.40. The minimum absolute atomic E-state index is 0.0697.